The van der Waals surface area contributed by atoms with E-state index in [1.165, 1.54) is 6.07 Å². The Bertz CT molecular complexity index is 3650. The number of anilines is 2. The molecule has 9 rings (SSSR count). The summed E-state index contributed by atoms with van der Waals surface area (Å²) in [7, 11) is 0. The van der Waals surface area contributed by atoms with Crippen LogP contribution in [0.5, 0.6) is 0 Å². The molecule has 5 N–H and O–H groups in total. The highest BCUT2D eigenvalue weighted by molar-refractivity contribution is 5.99. The van der Waals surface area contributed by atoms with E-state index < -0.39 is 36.7 Å². The molecule has 1 saturated carbocycles. The number of nitrogens with zero attached hydrogens (tertiary/aromatic N) is 4. The van der Waals surface area contributed by atoms with Gasteiger partial charge in [0, 0.05) is 77.3 Å². The fraction of sp³-hybridized carbons (Fsp3) is 0.300. The predicted octanol–water partition coefficient (Wildman–Crippen LogP) is 13.4. The summed E-state index contributed by atoms with van der Waals surface area (Å²) in [5.74, 6) is -1.20. The molecule has 0 spiro atoms. The topological polar surface area (TPSA) is 179 Å². The van der Waals surface area contributed by atoms with Gasteiger partial charge in [-0.2, -0.15) is 26.3 Å². The monoisotopic (exact) mass is 1090 g/mol. The van der Waals surface area contributed by atoms with Crippen LogP contribution in [0.25, 0.3) is 56.1 Å². The van der Waals surface area contributed by atoms with Crippen molar-refractivity contribution in [1.29, 1.82) is 0 Å². The summed E-state index contributed by atoms with van der Waals surface area (Å²) < 4.78 is 80.9. The molecule has 0 unspecified atom stereocenters. The zero-order valence-corrected chi connectivity index (χ0v) is 44.3. The zero-order valence-electron chi connectivity index (χ0n) is 44.3. The number of carbonyl (C=O) groups is 4. The molecule has 0 saturated heterocycles. The number of rotatable bonds is 18. The quantitative estimate of drug-likeness (QED) is 0.0410. The Kier molecular flexibility index (Phi) is 16.5. The maximum Gasteiger partial charge on any atom is 0.390 e. The van der Waals surface area contributed by atoms with Crippen LogP contribution in [-0.4, -0.2) is 90.0 Å². The summed E-state index contributed by atoms with van der Waals surface area (Å²) in [6.45, 7) is 10.1. The van der Waals surface area contributed by atoms with Crippen molar-refractivity contribution in [2.45, 2.75) is 98.0 Å². The van der Waals surface area contributed by atoms with Crippen molar-refractivity contribution in [1.82, 2.24) is 24.1 Å². The minimum absolute atomic E-state index is 0.0424. The van der Waals surface area contributed by atoms with Crippen LogP contribution in [0.15, 0.2) is 110 Å². The van der Waals surface area contributed by atoms with Gasteiger partial charge in [-0.3, -0.25) is 23.2 Å². The molecule has 412 valence electrons. The molecule has 1 fully saturated rings. The van der Waals surface area contributed by atoms with Gasteiger partial charge < -0.3 is 26.2 Å². The van der Waals surface area contributed by atoms with Gasteiger partial charge >= 0.3 is 18.3 Å². The summed E-state index contributed by atoms with van der Waals surface area (Å²) in [4.78, 5) is 57.8. The highest BCUT2D eigenvalue weighted by Crippen LogP contribution is 2.37. The number of pyridine rings is 2. The Morgan fingerprint density at radius 3 is 1.29 bits per heavy atom. The molecule has 13 nitrogen and oxygen atoms in total. The summed E-state index contributed by atoms with van der Waals surface area (Å²) in [5.41, 5.74) is 12.0. The lowest BCUT2D eigenvalue weighted by molar-refractivity contribution is -0.132. The van der Waals surface area contributed by atoms with Crippen molar-refractivity contribution in [3.8, 4) is 44.8 Å². The number of ketones is 2. The number of hydrogen-bond donors (Lipinski definition) is 5. The van der Waals surface area contributed by atoms with E-state index in [2.05, 4.69) is 25.9 Å². The van der Waals surface area contributed by atoms with Crippen molar-refractivity contribution in [2.75, 3.05) is 30.3 Å². The second-order valence-corrected chi connectivity index (χ2v) is 19.9. The van der Waals surface area contributed by atoms with Crippen LogP contribution < -0.4 is 16.0 Å². The number of aromatic nitrogens is 4. The molecule has 79 heavy (non-hydrogen) atoms. The number of amides is 1. The first kappa shape index (κ1) is 56.9. The zero-order chi connectivity index (χ0) is 57.1. The van der Waals surface area contributed by atoms with Gasteiger partial charge in [-0.05, 0) is 110 Å². The number of aryl methyl sites for hydroxylation is 4. The number of halogens is 6. The summed E-state index contributed by atoms with van der Waals surface area (Å²) >= 11 is 0. The number of carboxylic acid groups (broad SMARTS) is 1. The number of alkyl halides is 6. The number of benzene rings is 4. The number of hydrogen-bond acceptors (Lipinski definition) is 9. The van der Waals surface area contributed by atoms with Gasteiger partial charge in [0.1, 0.15) is 0 Å². The van der Waals surface area contributed by atoms with Crippen molar-refractivity contribution < 1.29 is 55.7 Å². The van der Waals surface area contributed by atoms with Gasteiger partial charge in [0.25, 0.3) is 5.91 Å². The van der Waals surface area contributed by atoms with E-state index in [4.69, 9.17) is 0 Å². The smallest absolute Gasteiger partial charge is 0.390 e. The van der Waals surface area contributed by atoms with E-state index >= 15 is 0 Å². The number of Topliss-reactive ketones (excluding diaryl/α,β-unsaturated/α-hetero) is 2. The molecule has 4 aromatic carbocycles. The van der Waals surface area contributed by atoms with Crippen molar-refractivity contribution in [3.63, 3.8) is 0 Å². The number of aliphatic hydroxyl groups excluding tert-OH is 1. The SMILES string of the molecule is CCC(=O)c1ccc(-c2cnc3c(NCCC(F)(F)F)cc(-c4ccc(C(=O)NC5(CO)CC5)c(C)c4)cn23)cc1C.CCC(=O)c1ccc(-c2cnc3c(NCCC(F)(F)F)cc(-c4ccc(C(=O)O)c(C)c4)cn23)cc1C. The lowest BCUT2D eigenvalue weighted by atomic mass is 9.99. The van der Waals surface area contributed by atoms with Gasteiger partial charge in [0.15, 0.2) is 22.9 Å². The molecule has 0 atom stereocenters. The minimum Gasteiger partial charge on any atom is -0.478 e. The summed E-state index contributed by atoms with van der Waals surface area (Å²) in [6.07, 6.45) is -1.35. The highest BCUT2D eigenvalue weighted by atomic mass is 19.4. The van der Waals surface area contributed by atoms with Gasteiger partial charge in [-0.15, -0.1) is 0 Å². The van der Waals surface area contributed by atoms with Crippen LogP contribution in [0.3, 0.4) is 0 Å². The van der Waals surface area contributed by atoms with Crippen LogP contribution in [0.2, 0.25) is 0 Å². The molecular weight excluding hydrogens is 1030 g/mol. The van der Waals surface area contributed by atoms with E-state index in [0.717, 1.165) is 57.5 Å². The van der Waals surface area contributed by atoms with E-state index in [1.54, 1.807) is 79.2 Å². The Morgan fingerprint density at radius 2 is 0.937 bits per heavy atom. The molecule has 4 aromatic heterocycles. The molecular formula is C60H59F6N7O6. The third kappa shape index (κ3) is 13.0. The fourth-order valence-electron chi connectivity index (χ4n) is 9.47. The number of carboxylic acids is 1. The first-order chi connectivity index (χ1) is 37.4. The number of aromatic carboxylic acids is 1. The van der Waals surface area contributed by atoms with E-state index in [-0.39, 0.29) is 42.7 Å². The first-order valence-electron chi connectivity index (χ1n) is 25.7. The maximum absolute atomic E-state index is 12.9. The number of nitrogens with one attached hydrogen (secondary N) is 3. The molecule has 1 aliphatic carbocycles. The van der Waals surface area contributed by atoms with Crippen molar-refractivity contribution >= 4 is 46.1 Å². The van der Waals surface area contributed by atoms with Crippen LogP contribution >= 0.6 is 0 Å². The average molecular weight is 1090 g/mol. The molecule has 19 heteroatoms. The molecule has 0 radical (unpaired) electrons. The fourth-order valence-corrected chi connectivity index (χ4v) is 9.47. The number of fused-ring (bicyclic) bond motifs is 2. The molecule has 0 aliphatic heterocycles. The van der Waals surface area contributed by atoms with Crippen LogP contribution in [0.4, 0.5) is 37.7 Å². The van der Waals surface area contributed by atoms with Crippen LogP contribution in [0, 0.1) is 27.7 Å². The predicted molar refractivity (Wildman–Crippen MR) is 292 cm³/mol. The van der Waals surface area contributed by atoms with Gasteiger partial charge in [-0.1, -0.05) is 62.4 Å². The summed E-state index contributed by atoms with van der Waals surface area (Å²) in [5, 5.41) is 27.6. The molecule has 4 heterocycles. The third-order valence-corrected chi connectivity index (χ3v) is 14.1. The molecule has 0 bridgehead atoms. The maximum atomic E-state index is 12.9. The normalized spacial score (nSPS) is 13.0. The number of aliphatic hydroxyl groups is 1. The summed E-state index contributed by atoms with van der Waals surface area (Å²) in [6, 6.07) is 24.8. The highest BCUT2D eigenvalue weighted by Gasteiger charge is 2.43. The standard InChI is InChI=1S/C32H33F3N4O3.C28H26F3N3O3/c1-4-28(41)24-7-6-22(14-19(24)2)27-16-37-29-26(36-12-11-32(33,34)35)15-23(17-39(27)29)21-5-8-25(20(3)13-21)30(42)38-31(18-40)9-10-31;1-4-25(35)21-7-6-19(12-16(21)2)24-14-33-26-23(32-10-9-28(29,30)31)13-20(15-34(24)26)18-5-8-22(27(36)37)17(3)11-18/h5-8,13-17,36,40H,4,9-12,18H2,1-3H3,(H,38,42);5-8,11-15,32H,4,9-10H2,1-3H3,(H,36,37). The average Bonchev–Trinajstić information content (AvgIpc) is 4.00. The Balaban J connectivity index is 0.000000210. The van der Waals surface area contributed by atoms with Crippen LogP contribution in [0.1, 0.15) is 116 Å². The third-order valence-electron chi connectivity index (χ3n) is 14.1. The first-order valence-corrected chi connectivity index (χ1v) is 25.7. The number of imidazole rings is 2. The van der Waals surface area contributed by atoms with Gasteiger partial charge in [0.2, 0.25) is 0 Å². The number of carbonyl (C=O) groups excluding carboxylic acids is 3. The minimum atomic E-state index is -4.31. The van der Waals surface area contributed by atoms with E-state index in [0.29, 0.717) is 74.6 Å². The molecule has 1 aliphatic rings. The van der Waals surface area contributed by atoms with Gasteiger partial charge in [-0.25, -0.2) is 14.8 Å². The van der Waals surface area contributed by atoms with E-state index in [9.17, 15) is 55.7 Å². The largest absolute Gasteiger partial charge is 0.478 e. The lowest BCUT2D eigenvalue weighted by Gasteiger charge is -2.17. The van der Waals surface area contributed by atoms with Crippen LogP contribution in [-0.2, 0) is 0 Å². The van der Waals surface area contributed by atoms with Gasteiger partial charge in [0.05, 0.1) is 65.7 Å². The second-order valence-electron chi connectivity index (χ2n) is 19.9. The Labute approximate surface area is 451 Å². The molecule has 1 amide bonds. The lowest BCUT2D eigenvalue weighted by Crippen LogP contribution is -2.39. The Morgan fingerprint density at radius 1 is 0.557 bits per heavy atom. The van der Waals surface area contributed by atoms with Crippen molar-refractivity contribution in [2.24, 2.45) is 0 Å². The Hall–Kier alpha value is -8.32. The second kappa shape index (κ2) is 22.9. The van der Waals surface area contributed by atoms with Crippen molar-refractivity contribution in [3.05, 3.63) is 154 Å². The van der Waals surface area contributed by atoms with E-state index in [1.807, 2.05) is 74.8 Å². The molecule has 8 aromatic rings.